The van der Waals surface area contributed by atoms with Crippen LogP contribution in [-0.4, -0.2) is 69.2 Å². The quantitative estimate of drug-likeness (QED) is 0.272. The lowest BCUT2D eigenvalue weighted by Crippen LogP contribution is -2.31. The van der Waals surface area contributed by atoms with E-state index in [2.05, 4.69) is 20.3 Å². The summed E-state index contributed by atoms with van der Waals surface area (Å²) in [4.78, 5) is 39.7. The number of carbonyl (C=O) groups excluding carboxylic acids is 1. The van der Waals surface area contributed by atoms with Crippen LogP contribution < -0.4 is 10.9 Å². The van der Waals surface area contributed by atoms with Gasteiger partial charge in [-0.3, -0.25) is 9.59 Å². The van der Waals surface area contributed by atoms with E-state index in [-0.39, 0.29) is 35.0 Å². The summed E-state index contributed by atoms with van der Waals surface area (Å²) in [7, 11) is 3.91. The summed E-state index contributed by atoms with van der Waals surface area (Å²) in [6.07, 6.45) is -0.132. The molecule has 0 unspecified atom stereocenters. The van der Waals surface area contributed by atoms with Gasteiger partial charge in [-0.05, 0) is 61.6 Å². The zero-order valence-electron chi connectivity index (χ0n) is 20.3. The number of aromatic nitrogens is 3. The Labute approximate surface area is 210 Å². The number of hydrogen-bond acceptors (Lipinski definition) is 6. The van der Waals surface area contributed by atoms with Crippen LogP contribution in [0.5, 0.6) is 0 Å². The first-order valence-corrected chi connectivity index (χ1v) is 11.8. The molecule has 11 heteroatoms. The van der Waals surface area contributed by atoms with Gasteiger partial charge in [0.2, 0.25) is 0 Å². The number of rotatable bonds is 8. The first-order chi connectivity index (χ1) is 17.7. The Morgan fingerprint density at radius 1 is 1.19 bits per heavy atom. The van der Waals surface area contributed by atoms with Gasteiger partial charge in [-0.1, -0.05) is 0 Å². The molecular formula is C26H26F2N6O3. The number of benzene rings is 2. The average Bonchev–Trinajstić information content (AvgIpc) is 3.38. The lowest BCUT2D eigenvalue weighted by Gasteiger charge is -2.18. The summed E-state index contributed by atoms with van der Waals surface area (Å²) < 4.78 is 27.5. The monoisotopic (exact) mass is 508 g/mol. The van der Waals surface area contributed by atoms with Crippen molar-refractivity contribution in [3.05, 3.63) is 81.3 Å². The van der Waals surface area contributed by atoms with Crippen molar-refractivity contribution in [1.82, 2.24) is 24.8 Å². The number of amides is 1. The summed E-state index contributed by atoms with van der Waals surface area (Å²) in [5.74, 6) is -1.08. The number of nitrogens with zero attached hydrogens (tertiary/aromatic N) is 3. The summed E-state index contributed by atoms with van der Waals surface area (Å²) in [6, 6.07) is 8.13. The van der Waals surface area contributed by atoms with Crippen molar-refractivity contribution >= 4 is 22.6 Å². The van der Waals surface area contributed by atoms with E-state index in [9.17, 15) is 23.5 Å². The average molecular weight is 509 g/mol. The van der Waals surface area contributed by atoms with Crippen molar-refractivity contribution in [3.63, 3.8) is 0 Å². The van der Waals surface area contributed by atoms with Crippen molar-refractivity contribution in [2.45, 2.75) is 19.2 Å². The summed E-state index contributed by atoms with van der Waals surface area (Å²) in [5.41, 5.74) is 2.56. The zero-order chi connectivity index (χ0) is 26.3. The largest absolute Gasteiger partial charge is 0.373 e. The number of aliphatic hydroxyl groups is 1. The highest BCUT2D eigenvalue weighted by molar-refractivity contribution is 6.02. The number of pyridine rings is 1. The van der Waals surface area contributed by atoms with Crippen LogP contribution in [0.4, 0.5) is 14.5 Å². The summed E-state index contributed by atoms with van der Waals surface area (Å²) in [5, 5.41) is 13.3. The lowest BCUT2D eigenvalue weighted by atomic mass is 10.1. The molecule has 0 saturated heterocycles. The highest BCUT2D eigenvalue weighted by Crippen LogP contribution is 2.30. The van der Waals surface area contributed by atoms with Gasteiger partial charge in [0.15, 0.2) is 0 Å². The number of anilines is 1. The van der Waals surface area contributed by atoms with Crippen LogP contribution in [-0.2, 0) is 13.0 Å². The fraction of sp³-hybridized carbons (Fsp3) is 0.269. The number of likely N-dealkylation sites (N-methyl/N-ethyl adjacent to an activating group) is 1. The van der Waals surface area contributed by atoms with Crippen molar-refractivity contribution in [1.29, 1.82) is 0 Å². The van der Waals surface area contributed by atoms with Crippen LogP contribution in [0.3, 0.4) is 0 Å². The Bertz CT molecular complexity index is 1550. The minimum atomic E-state index is -1.31. The number of imidazole rings is 1. The molecule has 0 aliphatic carbocycles. The molecule has 0 bridgehead atoms. The molecule has 0 spiro atoms. The van der Waals surface area contributed by atoms with Gasteiger partial charge in [0.1, 0.15) is 29.3 Å². The maximum atomic E-state index is 14.0. The predicted octanol–water partition coefficient (Wildman–Crippen LogP) is 2.69. The minimum absolute atomic E-state index is 0.00561. The molecule has 2 aromatic carbocycles. The second-order valence-electron chi connectivity index (χ2n) is 9.34. The minimum Gasteiger partial charge on any atom is -0.373 e. The smallest absolute Gasteiger partial charge is 0.261 e. The molecule has 0 fully saturated rings. The van der Waals surface area contributed by atoms with Crippen LogP contribution in [0.15, 0.2) is 47.4 Å². The fourth-order valence-electron chi connectivity index (χ4n) is 4.47. The third kappa shape index (κ3) is 4.95. The molecule has 1 aliphatic rings. The maximum absolute atomic E-state index is 14.0. The number of H-pyrrole nitrogens is 2. The normalized spacial score (nSPS) is 14.0. The van der Waals surface area contributed by atoms with E-state index in [1.807, 2.05) is 25.1 Å². The second kappa shape index (κ2) is 9.75. The first kappa shape index (κ1) is 24.6. The Hall–Kier alpha value is -4.09. The Morgan fingerprint density at radius 2 is 2.00 bits per heavy atom. The molecule has 4 N–H and O–H groups in total. The maximum Gasteiger partial charge on any atom is 0.261 e. The highest BCUT2D eigenvalue weighted by atomic mass is 19.1. The van der Waals surface area contributed by atoms with E-state index in [0.29, 0.717) is 29.7 Å². The molecule has 0 saturated carbocycles. The Morgan fingerprint density at radius 3 is 2.78 bits per heavy atom. The molecule has 9 nitrogen and oxygen atoms in total. The molecule has 192 valence electrons. The van der Waals surface area contributed by atoms with Crippen LogP contribution in [0.2, 0.25) is 0 Å². The van der Waals surface area contributed by atoms with E-state index in [0.717, 1.165) is 30.3 Å². The van der Waals surface area contributed by atoms with Gasteiger partial charge < -0.3 is 30.2 Å². The SMILES string of the molecule is CN(C)CCN1Cc2cc3[nH]c(-c4c(N[C@@H](O)Cc5cc(F)ccc5F)cc[nH]c4=O)nc3cc2C1=O. The van der Waals surface area contributed by atoms with Gasteiger partial charge in [-0.2, -0.15) is 0 Å². The predicted molar refractivity (Wildman–Crippen MR) is 135 cm³/mol. The first-order valence-electron chi connectivity index (χ1n) is 11.8. The van der Waals surface area contributed by atoms with E-state index >= 15 is 0 Å². The number of nitrogens with one attached hydrogen (secondary N) is 3. The molecule has 1 aliphatic heterocycles. The topological polar surface area (TPSA) is 117 Å². The molecule has 5 rings (SSSR count). The van der Waals surface area contributed by atoms with Crippen LogP contribution in [0, 0.1) is 11.6 Å². The Balaban J connectivity index is 1.42. The molecular weight excluding hydrogens is 482 g/mol. The highest BCUT2D eigenvalue weighted by Gasteiger charge is 2.28. The second-order valence-corrected chi connectivity index (χ2v) is 9.34. The Kier molecular flexibility index (Phi) is 6.48. The molecule has 1 atom stereocenters. The van der Waals surface area contributed by atoms with Crippen molar-refractivity contribution < 1.29 is 18.7 Å². The van der Waals surface area contributed by atoms with Crippen LogP contribution in [0.25, 0.3) is 22.4 Å². The summed E-state index contributed by atoms with van der Waals surface area (Å²) >= 11 is 0. The van der Waals surface area contributed by atoms with Crippen LogP contribution >= 0.6 is 0 Å². The number of hydrogen-bond donors (Lipinski definition) is 4. The van der Waals surface area contributed by atoms with E-state index < -0.39 is 23.4 Å². The lowest BCUT2D eigenvalue weighted by molar-refractivity contribution is 0.0768. The number of halogens is 2. The molecule has 37 heavy (non-hydrogen) atoms. The van der Waals surface area contributed by atoms with Gasteiger partial charge in [-0.25, -0.2) is 13.8 Å². The van der Waals surface area contributed by atoms with Crippen molar-refractivity contribution in [2.24, 2.45) is 0 Å². The molecule has 0 radical (unpaired) electrons. The number of aromatic amines is 2. The van der Waals surface area contributed by atoms with Gasteiger partial charge in [0.25, 0.3) is 11.5 Å². The zero-order valence-corrected chi connectivity index (χ0v) is 20.3. The number of fused-ring (bicyclic) bond motifs is 2. The van der Waals surface area contributed by atoms with E-state index in [1.165, 1.54) is 6.20 Å². The molecule has 1 amide bonds. The third-order valence-corrected chi connectivity index (χ3v) is 6.34. The third-order valence-electron chi connectivity index (χ3n) is 6.34. The molecule has 4 aromatic rings. The number of aliphatic hydroxyl groups excluding tert-OH is 1. The molecule has 3 heterocycles. The van der Waals surface area contributed by atoms with Gasteiger partial charge in [-0.15, -0.1) is 0 Å². The van der Waals surface area contributed by atoms with Gasteiger partial charge in [0, 0.05) is 37.8 Å². The van der Waals surface area contributed by atoms with E-state index in [4.69, 9.17) is 0 Å². The van der Waals surface area contributed by atoms with Gasteiger partial charge in [0.05, 0.1) is 16.7 Å². The summed E-state index contributed by atoms with van der Waals surface area (Å²) in [6.45, 7) is 1.86. The van der Waals surface area contributed by atoms with Gasteiger partial charge >= 0.3 is 0 Å². The van der Waals surface area contributed by atoms with Crippen molar-refractivity contribution in [3.8, 4) is 11.4 Å². The van der Waals surface area contributed by atoms with Crippen molar-refractivity contribution in [2.75, 3.05) is 32.5 Å². The fourth-order valence-corrected chi connectivity index (χ4v) is 4.47. The van der Waals surface area contributed by atoms with Crippen LogP contribution in [0.1, 0.15) is 21.5 Å². The molecule has 2 aromatic heterocycles. The van der Waals surface area contributed by atoms with E-state index in [1.54, 1.807) is 17.0 Å². The number of carbonyl (C=O) groups is 1. The standard InChI is InChI=1S/C26H26F2N6O3/c1-33(2)7-8-34-13-15-10-20-21(12-17(15)26(34)37)32-24(31-20)23-19(5-6-29-25(23)36)30-22(35)11-14-9-16(27)3-4-18(14)28/h3-6,9-10,12,22,35H,7-8,11,13H2,1-2H3,(H,31,32)(H2,29,30,36)/t22-/m0/s1.